The van der Waals surface area contributed by atoms with Crippen LogP contribution in [0.5, 0.6) is 0 Å². The van der Waals surface area contributed by atoms with E-state index in [0.717, 1.165) is 6.20 Å². The van der Waals surface area contributed by atoms with Gasteiger partial charge in [-0.1, -0.05) is 6.92 Å². The number of aliphatic carboxylic acids is 1. The van der Waals surface area contributed by atoms with Gasteiger partial charge in [0.1, 0.15) is 17.4 Å². The maximum absolute atomic E-state index is 11.7. The van der Waals surface area contributed by atoms with E-state index in [1.165, 1.54) is 6.20 Å². The Bertz CT molecular complexity index is 566. The number of hydrogen-bond acceptors (Lipinski definition) is 5. The van der Waals surface area contributed by atoms with Crippen LogP contribution >= 0.6 is 15.9 Å². The summed E-state index contributed by atoms with van der Waals surface area (Å²) in [5, 5.41) is 20.7. The third-order valence-corrected chi connectivity index (χ3v) is 4.37. The third-order valence-electron chi connectivity index (χ3n) is 3.79. The van der Waals surface area contributed by atoms with E-state index in [4.69, 9.17) is 0 Å². The molecule has 1 aromatic rings. The van der Waals surface area contributed by atoms with Gasteiger partial charge >= 0.3 is 11.7 Å². The second-order valence-corrected chi connectivity index (χ2v) is 5.55. The first-order valence-electron chi connectivity index (χ1n) is 6.23. The Morgan fingerprint density at radius 2 is 2.35 bits per heavy atom. The number of halogens is 1. The molecule has 1 saturated heterocycles. The van der Waals surface area contributed by atoms with Crippen LogP contribution in [-0.2, 0) is 4.79 Å². The molecule has 8 heteroatoms. The molecule has 0 saturated carbocycles. The van der Waals surface area contributed by atoms with Crippen molar-refractivity contribution in [3.8, 4) is 0 Å². The number of aromatic nitrogens is 1. The first kappa shape index (κ1) is 14.7. The molecule has 1 unspecified atom stereocenters. The Morgan fingerprint density at radius 1 is 1.65 bits per heavy atom. The van der Waals surface area contributed by atoms with Gasteiger partial charge in [-0.05, 0) is 35.2 Å². The molecule has 1 aliphatic rings. The minimum Gasteiger partial charge on any atom is -0.479 e. The minimum absolute atomic E-state index is 0.180. The molecule has 0 aliphatic carbocycles. The lowest BCUT2D eigenvalue weighted by Gasteiger charge is -2.35. The number of anilines is 1. The number of carboxylic acid groups (broad SMARTS) is 1. The molecule has 1 atom stereocenters. The van der Waals surface area contributed by atoms with E-state index in [0.29, 0.717) is 36.0 Å². The van der Waals surface area contributed by atoms with E-state index in [2.05, 4.69) is 20.9 Å². The summed E-state index contributed by atoms with van der Waals surface area (Å²) in [4.78, 5) is 27.7. The fourth-order valence-corrected chi connectivity index (χ4v) is 3.30. The van der Waals surface area contributed by atoms with Gasteiger partial charge in [0.25, 0.3) is 0 Å². The maximum Gasteiger partial charge on any atom is 0.329 e. The number of pyridine rings is 1. The Kier molecular flexibility index (Phi) is 3.94. The van der Waals surface area contributed by atoms with Crippen LogP contribution < -0.4 is 4.90 Å². The minimum atomic E-state index is -1.09. The molecule has 1 fully saturated rings. The standard InChI is InChI=1S/C12H14BrN3O4/c1-2-12(11(17)18)4-3-5-15(12)10-8(13)6-14-7-9(10)16(19)20/h6-7H,2-5H2,1H3,(H,17,18). The lowest BCUT2D eigenvalue weighted by atomic mass is 9.92. The summed E-state index contributed by atoms with van der Waals surface area (Å²) in [7, 11) is 0. The van der Waals surface area contributed by atoms with Crippen LogP contribution in [0.25, 0.3) is 0 Å². The number of rotatable bonds is 4. The topological polar surface area (TPSA) is 96.6 Å². The Hall–Kier alpha value is -1.70. The van der Waals surface area contributed by atoms with Gasteiger partial charge < -0.3 is 10.0 Å². The molecule has 0 amide bonds. The smallest absolute Gasteiger partial charge is 0.329 e. The second kappa shape index (κ2) is 5.35. The van der Waals surface area contributed by atoms with Gasteiger partial charge in [-0.2, -0.15) is 0 Å². The Morgan fingerprint density at radius 3 is 2.90 bits per heavy atom. The number of carboxylic acids is 1. The summed E-state index contributed by atoms with van der Waals surface area (Å²) in [6.07, 6.45) is 4.15. The van der Waals surface area contributed by atoms with Crippen LogP contribution in [0.2, 0.25) is 0 Å². The largest absolute Gasteiger partial charge is 0.479 e. The lowest BCUT2D eigenvalue weighted by Crippen LogP contribution is -2.50. The highest BCUT2D eigenvalue weighted by molar-refractivity contribution is 9.10. The molecular formula is C12H14BrN3O4. The highest BCUT2D eigenvalue weighted by atomic mass is 79.9. The summed E-state index contributed by atoms with van der Waals surface area (Å²) in [6.45, 7) is 2.26. The predicted molar refractivity (Wildman–Crippen MR) is 75.8 cm³/mol. The van der Waals surface area contributed by atoms with E-state index < -0.39 is 16.4 Å². The van der Waals surface area contributed by atoms with E-state index >= 15 is 0 Å². The van der Waals surface area contributed by atoms with Crippen molar-refractivity contribution < 1.29 is 14.8 Å². The van der Waals surface area contributed by atoms with Gasteiger partial charge in [0.15, 0.2) is 0 Å². The van der Waals surface area contributed by atoms with Crippen molar-refractivity contribution in [2.24, 2.45) is 0 Å². The summed E-state index contributed by atoms with van der Waals surface area (Å²) in [6, 6.07) is 0. The van der Waals surface area contributed by atoms with Crippen LogP contribution in [0.1, 0.15) is 26.2 Å². The van der Waals surface area contributed by atoms with Gasteiger partial charge in [0.05, 0.1) is 9.40 Å². The van der Waals surface area contributed by atoms with Crippen molar-refractivity contribution in [1.82, 2.24) is 4.98 Å². The molecule has 108 valence electrons. The summed E-state index contributed by atoms with van der Waals surface area (Å²) in [5.41, 5.74) is -0.971. The Labute approximate surface area is 123 Å². The predicted octanol–water partition coefficient (Wildman–Crippen LogP) is 2.59. The summed E-state index contributed by atoms with van der Waals surface area (Å²) < 4.78 is 0.438. The van der Waals surface area contributed by atoms with Gasteiger partial charge in [0, 0.05) is 12.7 Å². The molecular weight excluding hydrogens is 330 g/mol. The number of carbonyl (C=O) groups is 1. The molecule has 1 aromatic heterocycles. The SMILES string of the molecule is CCC1(C(=O)O)CCCN1c1c(Br)cncc1[N+](=O)[O-]. The lowest BCUT2D eigenvalue weighted by molar-refractivity contribution is -0.384. The van der Waals surface area contributed by atoms with Crippen molar-refractivity contribution in [1.29, 1.82) is 0 Å². The maximum atomic E-state index is 11.7. The highest BCUT2D eigenvalue weighted by Gasteiger charge is 2.48. The van der Waals surface area contributed by atoms with Crippen LogP contribution in [0.3, 0.4) is 0 Å². The molecule has 2 heterocycles. The van der Waals surface area contributed by atoms with Crippen molar-refractivity contribution in [3.05, 3.63) is 27.0 Å². The third kappa shape index (κ3) is 2.13. The average molecular weight is 344 g/mol. The Balaban J connectivity index is 2.61. The fraction of sp³-hybridized carbons (Fsp3) is 0.500. The summed E-state index contributed by atoms with van der Waals surface area (Å²) in [5.74, 6) is -0.949. The zero-order valence-corrected chi connectivity index (χ0v) is 12.5. The molecule has 20 heavy (non-hydrogen) atoms. The number of nitro groups is 1. The van der Waals surface area contributed by atoms with E-state index in [1.54, 1.807) is 11.8 Å². The van der Waals surface area contributed by atoms with Crippen molar-refractivity contribution >= 4 is 33.3 Å². The van der Waals surface area contributed by atoms with Gasteiger partial charge in [-0.25, -0.2) is 4.79 Å². The molecule has 7 nitrogen and oxygen atoms in total. The monoisotopic (exact) mass is 343 g/mol. The van der Waals surface area contributed by atoms with Crippen LogP contribution in [-0.4, -0.2) is 33.1 Å². The first-order chi connectivity index (χ1) is 9.44. The molecule has 1 aliphatic heterocycles. The fourth-order valence-electron chi connectivity index (χ4n) is 2.76. The van der Waals surface area contributed by atoms with Gasteiger partial charge in [-0.3, -0.25) is 15.1 Å². The molecule has 0 aromatic carbocycles. The molecule has 2 rings (SSSR count). The van der Waals surface area contributed by atoms with E-state index in [-0.39, 0.29) is 5.69 Å². The molecule has 1 N–H and O–H groups in total. The number of nitrogens with zero attached hydrogens (tertiary/aromatic N) is 3. The van der Waals surface area contributed by atoms with Crippen LogP contribution in [0.4, 0.5) is 11.4 Å². The van der Waals surface area contributed by atoms with Crippen molar-refractivity contribution in [3.63, 3.8) is 0 Å². The second-order valence-electron chi connectivity index (χ2n) is 4.69. The molecule has 0 radical (unpaired) electrons. The average Bonchev–Trinajstić information content (AvgIpc) is 2.82. The first-order valence-corrected chi connectivity index (χ1v) is 7.02. The molecule has 0 spiro atoms. The van der Waals surface area contributed by atoms with Gasteiger partial charge in [0.2, 0.25) is 0 Å². The quantitative estimate of drug-likeness (QED) is 0.666. The normalized spacial score (nSPS) is 22.0. The van der Waals surface area contributed by atoms with Crippen LogP contribution in [0.15, 0.2) is 16.9 Å². The van der Waals surface area contributed by atoms with E-state index in [1.807, 2.05) is 0 Å². The van der Waals surface area contributed by atoms with Crippen molar-refractivity contribution in [2.75, 3.05) is 11.4 Å². The zero-order chi connectivity index (χ0) is 14.9. The van der Waals surface area contributed by atoms with Crippen LogP contribution in [0, 0.1) is 10.1 Å². The molecule has 0 bridgehead atoms. The van der Waals surface area contributed by atoms with Gasteiger partial charge in [-0.15, -0.1) is 0 Å². The number of hydrogen-bond donors (Lipinski definition) is 1. The van der Waals surface area contributed by atoms with E-state index in [9.17, 15) is 20.0 Å². The highest BCUT2D eigenvalue weighted by Crippen LogP contribution is 2.44. The zero-order valence-electron chi connectivity index (χ0n) is 10.9. The van der Waals surface area contributed by atoms with Crippen molar-refractivity contribution in [2.45, 2.75) is 31.7 Å². The summed E-state index contributed by atoms with van der Waals surface area (Å²) >= 11 is 3.25.